The lowest BCUT2D eigenvalue weighted by atomic mass is 9.93. The maximum Gasteiger partial charge on any atom is 0.263 e. The predicted octanol–water partition coefficient (Wildman–Crippen LogP) is 2.92. The summed E-state index contributed by atoms with van der Waals surface area (Å²) in [4.78, 5) is 4.03. The molecular weight excluding hydrogens is 436 g/mol. The van der Waals surface area contributed by atoms with Crippen LogP contribution in [0.5, 0.6) is 0 Å². The van der Waals surface area contributed by atoms with Crippen molar-refractivity contribution in [2.75, 3.05) is 13.2 Å². The van der Waals surface area contributed by atoms with Gasteiger partial charge in [0.2, 0.25) is 10.0 Å². The average molecular weight is 456 g/mol. The van der Waals surface area contributed by atoms with Crippen molar-refractivity contribution in [1.29, 1.82) is 0 Å². The standard InChI is InChI=1S/C20H20ClF2N3O3S/c1-11-15(4-2-12-8-25-19(24)18(11)12)16-5-3-14(6-17(16)21)30(28,29)26-10-20(22,23)7-13(26)9-27/h2-6,13,27H,7-10H2,1H3,(H2,24,25)/t13-/m0/s1. The fourth-order valence-electron chi connectivity index (χ4n) is 4.11. The molecule has 2 aliphatic rings. The van der Waals surface area contributed by atoms with Gasteiger partial charge in [0, 0.05) is 22.6 Å². The molecule has 0 radical (unpaired) electrons. The van der Waals surface area contributed by atoms with Crippen molar-refractivity contribution in [3.63, 3.8) is 0 Å². The Bertz CT molecular complexity index is 1170. The number of hydrogen-bond acceptors (Lipinski definition) is 5. The number of hydrogen-bond donors (Lipinski definition) is 2. The van der Waals surface area contributed by atoms with E-state index in [0.717, 1.165) is 22.3 Å². The van der Waals surface area contributed by atoms with Gasteiger partial charge in [0.15, 0.2) is 0 Å². The fourth-order valence-corrected chi connectivity index (χ4v) is 6.13. The minimum atomic E-state index is -4.25. The Morgan fingerprint density at radius 2 is 2.00 bits per heavy atom. The number of nitrogens with zero attached hydrogens (tertiary/aromatic N) is 2. The molecule has 6 nitrogen and oxygen atoms in total. The number of aliphatic imine (C=N–C) groups is 1. The molecule has 1 saturated heterocycles. The summed E-state index contributed by atoms with van der Waals surface area (Å²) in [6.45, 7) is 0.751. The van der Waals surface area contributed by atoms with Gasteiger partial charge in [-0.15, -0.1) is 0 Å². The summed E-state index contributed by atoms with van der Waals surface area (Å²) in [5, 5.41) is 9.54. The first-order valence-electron chi connectivity index (χ1n) is 9.28. The third kappa shape index (κ3) is 3.39. The van der Waals surface area contributed by atoms with Crippen LogP contribution in [-0.2, 0) is 16.6 Å². The van der Waals surface area contributed by atoms with E-state index >= 15 is 0 Å². The van der Waals surface area contributed by atoms with Crippen molar-refractivity contribution in [2.24, 2.45) is 10.7 Å². The highest BCUT2D eigenvalue weighted by Gasteiger charge is 2.49. The topological polar surface area (TPSA) is 96.0 Å². The van der Waals surface area contributed by atoms with Crippen molar-refractivity contribution in [2.45, 2.75) is 36.7 Å². The van der Waals surface area contributed by atoms with Gasteiger partial charge in [0.1, 0.15) is 5.84 Å². The molecule has 3 N–H and O–H groups in total. The normalized spacial score (nSPS) is 21.0. The van der Waals surface area contributed by atoms with Gasteiger partial charge in [-0.05, 0) is 35.7 Å². The lowest BCUT2D eigenvalue weighted by Gasteiger charge is -2.22. The number of rotatable bonds is 4. The Morgan fingerprint density at radius 1 is 1.30 bits per heavy atom. The van der Waals surface area contributed by atoms with Crippen LogP contribution in [0.25, 0.3) is 11.1 Å². The van der Waals surface area contributed by atoms with Crippen LogP contribution in [0.3, 0.4) is 0 Å². The second-order valence-electron chi connectivity index (χ2n) is 7.56. The molecule has 2 heterocycles. The number of alkyl halides is 2. The molecule has 0 aliphatic carbocycles. The van der Waals surface area contributed by atoms with Crippen LogP contribution in [0.4, 0.5) is 8.78 Å². The zero-order valence-electron chi connectivity index (χ0n) is 16.1. The summed E-state index contributed by atoms with van der Waals surface area (Å²) in [6, 6.07) is 6.74. The number of fused-ring (bicyclic) bond motifs is 1. The van der Waals surface area contributed by atoms with Gasteiger partial charge in [-0.1, -0.05) is 29.8 Å². The van der Waals surface area contributed by atoms with E-state index in [2.05, 4.69) is 4.99 Å². The Balaban J connectivity index is 1.73. The van der Waals surface area contributed by atoms with Gasteiger partial charge < -0.3 is 10.8 Å². The molecule has 0 spiro atoms. The van der Waals surface area contributed by atoms with E-state index in [1.165, 1.54) is 12.1 Å². The summed E-state index contributed by atoms with van der Waals surface area (Å²) in [6.07, 6.45) is -0.716. The minimum absolute atomic E-state index is 0.166. The molecule has 1 atom stereocenters. The molecule has 0 saturated carbocycles. The first-order valence-corrected chi connectivity index (χ1v) is 11.1. The number of aliphatic hydroxyl groups excluding tert-OH is 1. The molecule has 0 aromatic heterocycles. The molecule has 4 rings (SSSR count). The molecule has 2 aliphatic heterocycles. The molecular formula is C20H20ClF2N3O3S. The largest absolute Gasteiger partial charge is 0.395 e. The van der Waals surface area contributed by atoms with Crippen LogP contribution in [-0.4, -0.2) is 48.8 Å². The van der Waals surface area contributed by atoms with Crippen molar-refractivity contribution >= 4 is 27.5 Å². The summed E-state index contributed by atoms with van der Waals surface area (Å²) in [7, 11) is -4.25. The zero-order valence-corrected chi connectivity index (χ0v) is 17.6. The van der Waals surface area contributed by atoms with Gasteiger partial charge in [0.05, 0.1) is 30.6 Å². The summed E-state index contributed by atoms with van der Waals surface area (Å²) >= 11 is 6.42. The van der Waals surface area contributed by atoms with Crippen LogP contribution < -0.4 is 5.73 Å². The fraction of sp³-hybridized carbons (Fsp3) is 0.350. The summed E-state index contributed by atoms with van der Waals surface area (Å²) < 4.78 is 54.1. The first kappa shape index (κ1) is 21.2. The number of benzene rings is 2. The monoisotopic (exact) mass is 455 g/mol. The number of halogens is 3. The highest BCUT2D eigenvalue weighted by atomic mass is 35.5. The lowest BCUT2D eigenvalue weighted by molar-refractivity contribution is 0.0161. The average Bonchev–Trinajstić information content (AvgIpc) is 3.22. The van der Waals surface area contributed by atoms with Crippen molar-refractivity contribution < 1.29 is 22.3 Å². The molecule has 1 fully saturated rings. The van der Waals surface area contributed by atoms with Crippen LogP contribution in [0.2, 0.25) is 5.02 Å². The Hall–Kier alpha value is -2.07. The molecule has 10 heteroatoms. The molecule has 2 aromatic rings. The van der Waals surface area contributed by atoms with Gasteiger partial charge in [-0.25, -0.2) is 17.2 Å². The minimum Gasteiger partial charge on any atom is -0.395 e. The number of nitrogens with two attached hydrogens (primary N) is 1. The summed E-state index contributed by atoms with van der Waals surface area (Å²) in [5.41, 5.74) is 10.1. The van der Waals surface area contributed by atoms with Crippen LogP contribution in [0.15, 0.2) is 40.2 Å². The third-order valence-electron chi connectivity index (χ3n) is 5.60. The first-order chi connectivity index (χ1) is 14.0. The highest BCUT2D eigenvalue weighted by molar-refractivity contribution is 7.89. The van der Waals surface area contributed by atoms with E-state index in [0.29, 0.717) is 22.2 Å². The number of sulfonamides is 1. The SMILES string of the molecule is Cc1c(-c2ccc(S(=O)(=O)N3CC(F)(F)C[C@H]3CO)cc2Cl)ccc2c1C(N)=NC2. The maximum absolute atomic E-state index is 13.8. The summed E-state index contributed by atoms with van der Waals surface area (Å²) in [5.74, 6) is -2.74. The molecule has 160 valence electrons. The van der Waals surface area contributed by atoms with E-state index in [1.54, 1.807) is 6.07 Å². The van der Waals surface area contributed by atoms with E-state index in [-0.39, 0.29) is 9.92 Å². The molecule has 30 heavy (non-hydrogen) atoms. The third-order valence-corrected chi connectivity index (χ3v) is 7.81. The van der Waals surface area contributed by atoms with Gasteiger partial charge in [-0.3, -0.25) is 4.99 Å². The molecule has 0 unspecified atom stereocenters. The van der Waals surface area contributed by atoms with Gasteiger partial charge in [0.25, 0.3) is 5.92 Å². The smallest absolute Gasteiger partial charge is 0.263 e. The van der Waals surface area contributed by atoms with Crippen LogP contribution in [0, 0.1) is 6.92 Å². The van der Waals surface area contributed by atoms with E-state index in [1.807, 2.05) is 19.1 Å². The molecule has 2 aromatic carbocycles. The highest BCUT2D eigenvalue weighted by Crippen LogP contribution is 2.39. The van der Waals surface area contributed by atoms with Gasteiger partial charge in [-0.2, -0.15) is 4.31 Å². The Morgan fingerprint density at radius 3 is 2.67 bits per heavy atom. The van der Waals surface area contributed by atoms with Crippen molar-refractivity contribution in [3.8, 4) is 11.1 Å². The number of amidine groups is 1. The van der Waals surface area contributed by atoms with Crippen LogP contribution in [0.1, 0.15) is 23.1 Å². The second-order valence-corrected chi connectivity index (χ2v) is 9.86. The van der Waals surface area contributed by atoms with Crippen molar-refractivity contribution in [3.05, 3.63) is 52.0 Å². The van der Waals surface area contributed by atoms with Crippen molar-refractivity contribution in [1.82, 2.24) is 4.31 Å². The Labute approximate surface area is 178 Å². The van der Waals surface area contributed by atoms with Crippen LogP contribution >= 0.6 is 11.6 Å². The maximum atomic E-state index is 13.8. The van der Waals surface area contributed by atoms with E-state index in [9.17, 15) is 22.3 Å². The lowest BCUT2D eigenvalue weighted by Crippen LogP contribution is -2.38. The predicted molar refractivity (Wildman–Crippen MR) is 110 cm³/mol. The zero-order chi connectivity index (χ0) is 21.8. The van der Waals surface area contributed by atoms with E-state index < -0.39 is 41.6 Å². The molecule has 0 bridgehead atoms. The molecule has 0 amide bonds. The number of aliphatic hydroxyl groups is 1. The van der Waals surface area contributed by atoms with Gasteiger partial charge >= 0.3 is 0 Å². The second kappa shape index (κ2) is 7.26. The quantitative estimate of drug-likeness (QED) is 0.740. The van der Waals surface area contributed by atoms with E-state index in [4.69, 9.17) is 17.3 Å². The Kier molecular flexibility index (Phi) is 5.13.